The molecule has 0 heterocycles. The second-order valence-corrected chi connectivity index (χ2v) is 6.77. The van der Waals surface area contributed by atoms with Crippen LogP contribution in [0.1, 0.15) is 29.5 Å². The van der Waals surface area contributed by atoms with Crippen molar-refractivity contribution in [1.82, 2.24) is 0 Å². The monoisotopic (exact) mass is 352 g/mol. The maximum atomic E-state index is 13.5. The van der Waals surface area contributed by atoms with Gasteiger partial charge in [0.15, 0.2) is 5.78 Å². The van der Waals surface area contributed by atoms with E-state index in [0.29, 0.717) is 19.3 Å². The summed E-state index contributed by atoms with van der Waals surface area (Å²) in [5.41, 5.74) is 2.40. The number of Topliss-reactive ketones (excluding diaryl/α,β-unsaturated/α-hetero) is 1. The topological polar surface area (TPSA) is 52.6 Å². The van der Waals surface area contributed by atoms with E-state index in [9.17, 15) is 9.59 Å². The molecule has 0 saturated carbocycles. The van der Waals surface area contributed by atoms with Gasteiger partial charge in [0, 0.05) is 20.0 Å². The van der Waals surface area contributed by atoms with E-state index < -0.39 is 11.5 Å². The largest absolute Gasteiger partial charge is 0.469 e. The molecule has 0 N–H and O–H groups in total. The Morgan fingerprint density at radius 1 is 1.08 bits per heavy atom. The highest BCUT2D eigenvalue weighted by molar-refractivity contribution is 5.96. The third-order valence-corrected chi connectivity index (χ3v) is 5.32. The van der Waals surface area contributed by atoms with Gasteiger partial charge in [0.1, 0.15) is 6.10 Å². The molecule has 0 radical (unpaired) electrons. The van der Waals surface area contributed by atoms with Crippen LogP contribution in [0.5, 0.6) is 0 Å². The molecule has 2 aromatic rings. The molecule has 3 rings (SSSR count). The number of esters is 1. The Bertz CT molecular complexity index is 784. The van der Waals surface area contributed by atoms with Gasteiger partial charge in [0.25, 0.3) is 0 Å². The lowest BCUT2D eigenvalue weighted by Crippen LogP contribution is -2.50. The molecule has 0 fully saturated rings. The average Bonchev–Trinajstić information content (AvgIpc) is 2.69. The predicted molar refractivity (Wildman–Crippen MR) is 99.0 cm³/mol. The van der Waals surface area contributed by atoms with Crippen molar-refractivity contribution in [3.63, 3.8) is 0 Å². The first-order valence-electron chi connectivity index (χ1n) is 8.87. The molecule has 136 valence electrons. The van der Waals surface area contributed by atoms with Crippen molar-refractivity contribution in [2.24, 2.45) is 0 Å². The molecule has 4 heteroatoms. The van der Waals surface area contributed by atoms with Crippen LogP contribution in [0.25, 0.3) is 0 Å². The van der Waals surface area contributed by atoms with E-state index in [0.717, 1.165) is 16.7 Å². The van der Waals surface area contributed by atoms with E-state index in [-0.39, 0.29) is 18.2 Å². The molecular formula is C22H24O4. The maximum absolute atomic E-state index is 13.5. The lowest BCUT2D eigenvalue weighted by molar-refractivity contribution is -0.142. The number of hydrogen-bond acceptors (Lipinski definition) is 4. The van der Waals surface area contributed by atoms with Gasteiger partial charge < -0.3 is 9.47 Å². The summed E-state index contributed by atoms with van der Waals surface area (Å²) in [5, 5.41) is 0. The molecule has 26 heavy (non-hydrogen) atoms. The Morgan fingerprint density at radius 3 is 2.46 bits per heavy atom. The Hall–Kier alpha value is -2.46. The molecule has 0 bridgehead atoms. The quantitative estimate of drug-likeness (QED) is 0.749. The summed E-state index contributed by atoms with van der Waals surface area (Å²) in [5.74, 6) is -0.256. The number of carbonyl (C=O) groups excluding carboxylic acids is 2. The van der Waals surface area contributed by atoms with Crippen molar-refractivity contribution in [3.8, 4) is 0 Å². The molecule has 0 amide bonds. The summed E-state index contributed by atoms with van der Waals surface area (Å²) in [6.07, 6.45) is 1.22. The predicted octanol–water partition coefficient (Wildman–Crippen LogP) is 3.26. The van der Waals surface area contributed by atoms with Crippen LogP contribution in [-0.2, 0) is 37.3 Å². The Kier molecular flexibility index (Phi) is 5.52. The van der Waals surface area contributed by atoms with Crippen LogP contribution >= 0.6 is 0 Å². The minimum Gasteiger partial charge on any atom is -0.469 e. The van der Waals surface area contributed by atoms with Gasteiger partial charge in [-0.25, -0.2) is 0 Å². The van der Waals surface area contributed by atoms with Gasteiger partial charge in [-0.1, -0.05) is 54.6 Å². The maximum Gasteiger partial charge on any atom is 0.305 e. The second kappa shape index (κ2) is 7.83. The van der Waals surface area contributed by atoms with E-state index in [2.05, 4.69) is 0 Å². The fourth-order valence-electron chi connectivity index (χ4n) is 3.98. The highest BCUT2D eigenvalue weighted by atomic mass is 16.5. The molecule has 2 unspecified atom stereocenters. The van der Waals surface area contributed by atoms with E-state index in [4.69, 9.17) is 9.47 Å². The lowest BCUT2D eigenvalue weighted by Gasteiger charge is -2.41. The van der Waals surface area contributed by atoms with Crippen LogP contribution in [0.15, 0.2) is 54.6 Å². The highest BCUT2D eigenvalue weighted by Gasteiger charge is 2.48. The number of benzene rings is 2. The molecule has 0 aliphatic heterocycles. The van der Waals surface area contributed by atoms with E-state index >= 15 is 0 Å². The van der Waals surface area contributed by atoms with Crippen LogP contribution < -0.4 is 0 Å². The summed E-state index contributed by atoms with van der Waals surface area (Å²) >= 11 is 0. The Morgan fingerprint density at radius 2 is 1.77 bits per heavy atom. The van der Waals surface area contributed by atoms with E-state index in [1.54, 1.807) is 7.11 Å². The minimum absolute atomic E-state index is 0.0476. The van der Waals surface area contributed by atoms with Gasteiger partial charge in [-0.2, -0.15) is 0 Å². The van der Waals surface area contributed by atoms with Crippen molar-refractivity contribution >= 4 is 11.8 Å². The minimum atomic E-state index is -0.787. The number of fused-ring (bicyclic) bond motifs is 1. The van der Waals surface area contributed by atoms with Gasteiger partial charge in [-0.15, -0.1) is 0 Å². The van der Waals surface area contributed by atoms with Gasteiger partial charge in [0.2, 0.25) is 0 Å². The summed E-state index contributed by atoms with van der Waals surface area (Å²) in [6.45, 7) is 0. The van der Waals surface area contributed by atoms with Crippen molar-refractivity contribution in [1.29, 1.82) is 0 Å². The van der Waals surface area contributed by atoms with Crippen LogP contribution in [-0.4, -0.2) is 32.1 Å². The summed E-state index contributed by atoms with van der Waals surface area (Å²) in [7, 11) is 2.95. The first-order valence-corrected chi connectivity index (χ1v) is 8.87. The van der Waals surface area contributed by atoms with E-state index in [1.165, 1.54) is 7.11 Å². The highest BCUT2D eigenvalue weighted by Crippen LogP contribution is 2.42. The molecule has 2 atom stereocenters. The Balaban J connectivity index is 2.10. The Labute approximate surface area is 154 Å². The number of carbonyl (C=O) groups is 2. The number of hydrogen-bond donors (Lipinski definition) is 0. The summed E-state index contributed by atoms with van der Waals surface area (Å²) in [6, 6.07) is 17.9. The van der Waals surface area contributed by atoms with E-state index in [1.807, 2.05) is 54.6 Å². The number of ketones is 1. The fourth-order valence-corrected chi connectivity index (χ4v) is 3.98. The summed E-state index contributed by atoms with van der Waals surface area (Å²) in [4.78, 5) is 25.3. The van der Waals surface area contributed by atoms with Gasteiger partial charge in [0.05, 0.1) is 12.5 Å². The van der Waals surface area contributed by atoms with Crippen LogP contribution in [0.4, 0.5) is 0 Å². The fraction of sp³-hybridized carbons (Fsp3) is 0.364. The van der Waals surface area contributed by atoms with Crippen LogP contribution in [0.2, 0.25) is 0 Å². The van der Waals surface area contributed by atoms with Crippen molar-refractivity contribution < 1.29 is 19.1 Å². The first-order chi connectivity index (χ1) is 12.6. The molecule has 0 aromatic heterocycles. The number of ether oxygens (including phenoxy) is 2. The van der Waals surface area contributed by atoms with Crippen molar-refractivity contribution in [2.75, 3.05) is 14.2 Å². The first kappa shape index (κ1) is 18.3. The number of methoxy groups -OCH3 is 2. The molecular weight excluding hydrogens is 328 g/mol. The van der Waals surface area contributed by atoms with Crippen molar-refractivity contribution in [2.45, 2.75) is 37.2 Å². The average molecular weight is 352 g/mol. The zero-order valence-corrected chi connectivity index (χ0v) is 15.2. The molecule has 4 nitrogen and oxygen atoms in total. The van der Waals surface area contributed by atoms with Crippen LogP contribution in [0.3, 0.4) is 0 Å². The third-order valence-electron chi connectivity index (χ3n) is 5.32. The van der Waals surface area contributed by atoms with Gasteiger partial charge in [-0.3, -0.25) is 9.59 Å². The normalized spacial score (nSPS) is 21.9. The second-order valence-electron chi connectivity index (χ2n) is 6.77. The molecule has 2 aromatic carbocycles. The van der Waals surface area contributed by atoms with Gasteiger partial charge >= 0.3 is 5.97 Å². The van der Waals surface area contributed by atoms with Crippen molar-refractivity contribution in [3.05, 3.63) is 71.3 Å². The molecule has 0 spiro atoms. The third kappa shape index (κ3) is 3.42. The smallest absolute Gasteiger partial charge is 0.305 e. The molecule has 1 aliphatic carbocycles. The lowest BCUT2D eigenvalue weighted by atomic mass is 9.63. The van der Waals surface area contributed by atoms with Crippen LogP contribution in [0, 0.1) is 0 Å². The standard InChI is InChI=1S/C22H24O4/c1-25-19-14-17-10-6-7-11-18(17)22(21(19)24,13-12-20(23)26-2)15-16-8-4-3-5-9-16/h3-11,19H,12-15H2,1-2H3. The zero-order chi connectivity index (χ0) is 18.6. The summed E-state index contributed by atoms with van der Waals surface area (Å²) < 4.78 is 10.4. The molecule has 1 aliphatic rings. The number of rotatable bonds is 6. The SMILES string of the molecule is COC(=O)CCC1(Cc2ccccc2)C(=O)C(OC)Cc2ccccc21. The molecule has 0 saturated heterocycles. The van der Waals surface area contributed by atoms with Gasteiger partial charge in [-0.05, 0) is 29.5 Å². The zero-order valence-electron chi connectivity index (χ0n) is 15.2.